The Kier molecular flexibility index (Phi) is 3.49. The molecule has 2 heteroatoms. The fourth-order valence-electron chi connectivity index (χ4n) is 3.02. The molecule has 1 aliphatic heterocycles. The molecule has 2 nitrogen and oxygen atoms in total. The molecule has 2 N–H and O–H groups in total. The molecular formula is C18H22N2. The fraction of sp³-hybridized carbons (Fsp3) is 0.333. The highest BCUT2D eigenvalue weighted by Crippen LogP contribution is 2.36. The van der Waals surface area contributed by atoms with Crippen molar-refractivity contribution in [2.45, 2.75) is 38.8 Å². The van der Waals surface area contributed by atoms with Crippen LogP contribution < -0.4 is 10.6 Å². The molecule has 1 unspecified atom stereocenters. The van der Waals surface area contributed by atoms with Crippen molar-refractivity contribution in [3.63, 3.8) is 0 Å². The molecule has 0 aromatic heterocycles. The molecule has 0 amide bonds. The van der Waals surface area contributed by atoms with Gasteiger partial charge in [-0.25, -0.2) is 0 Å². The van der Waals surface area contributed by atoms with Gasteiger partial charge in [0.15, 0.2) is 0 Å². The van der Waals surface area contributed by atoms with Crippen molar-refractivity contribution < 1.29 is 0 Å². The summed E-state index contributed by atoms with van der Waals surface area (Å²) in [7, 11) is 0. The van der Waals surface area contributed by atoms with E-state index in [9.17, 15) is 0 Å². The maximum atomic E-state index is 5.93. The van der Waals surface area contributed by atoms with Crippen LogP contribution in [0.4, 0.5) is 11.4 Å². The van der Waals surface area contributed by atoms with Gasteiger partial charge < -0.3 is 10.6 Å². The normalized spacial score (nSPS) is 19.6. The molecule has 1 aliphatic rings. The summed E-state index contributed by atoms with van der Waals surface area (Å²) >= 11 is 0. The second kappa shape index (κ2) is 5.29. The van der Waals surface area contributed by atoms with Gasteiger partial charge in [-0.05, 0) is 56.0 Å². The lowest BCUT2D eigenvalue weighted by molar-refractivity contribution is 0.618. The van der Waals surface area contributed by atoms with Gasteiger partial charge >= 0.3 is 0 Å². The molecule has 0 bridgehead atoms. The number of fused-ring (bicyclic) bond motifs is 1. The number of rotatable bonds is 2. The number of nitrogens with two attached hydrogens (primary N) is 1. The van der Waals surface area contributed by atoms with Gasteiger partial charge in [-0.1, -0.05) is 30.3 Å². The predicted molar refractivity (Wildman–Crippen MR) is 85.4 cm³/mol. The summed E-state index contributed by atoms with van der Waals surface area (Å²) in [6.45, 7) is 4.32. The molecule has 0 fully saturated rings. The van der Waals surface area contributed by atoms with Crippen LogP contribution in [0.25, 0.3) is 0 Å². The minimum Gasteiger partial charge on any atom is -0.338 e. The van der Waals surface area contributed by atoms with Crippen LogP contribution in [0, 0.1) is 0 Å². The third kappa shape index (κ3) is 2.32. The maximum Gasteiger partial charge on any atom is 0.0445 e. The summed E-state index contributed by atoms with van der Waals surface area (Å²) in [6, 6.07) is 18.0. The third-order valence-corrected chi connectivity index (χ3v) is 4.22. The Hall–Kier alpha value is -1.80. The van der Waals surface area contributed by atoms with Gasteiger partial charge in [0.25, 0.3) is 0 Å². The van der Waals surface area contributed by atoms with E-state index in [4.69, 9.17) is 5.73 Å². The van der Waals surface area contributed by atoms with E-state index < -0.39 is 0 Å². The van der Waals surface area contributed by atoms with Crippen molar-refractivity contribution in [1.29, 1.82) is 0 Å². The number of aryl methyl sites for hydroxylation is 1. The average molecular weight is 266 g/mol. The van der Waals surface area contributed by atoms with Crippen molar-refractivity contribution in [1.82, 2.24) is 0 Å². The zero-order valence-electron chi connectivity index (χ0n) is 12.2. The van der Waals surface area contributed by atoms with Gasteiger partial charge in [0.2, 0.25) is 0 Å². The first-order valence-electron chi connectivity index (χ1n) is 7.39. The molecular weight excluding hydrogens is 244 g/mol. The van der Waals surface area contributed by atoms with Gasteiger partial charge in [-0.2, -0.15) is 0 Å². The molecule has 0 saturated carbocycles. The molecule has 2 atom stereocenters. The van der Waals surface area contributed by atoms with Crippen LogP contribution in [-0.2, 0) is 6.42 Å². The molecule has 2 aromatic rings. The molecule has 1 heterocycles. The first-order valence-corrected chi connectivity index (χ1v) is 7.39. The Morgan fingerprint density at radius 3 is 2.50 bits per heavy atom. The number of para-hydroxylation sites is 1. The van der Waals surface area contributed by atoms with Crippen LogP contribution in [-0.4, -0.2) is 6.04 Å². The van der Waals surface area contributed by atoms with Gasteiger partial charge in [0.1, 0.15) is 0 Å². The average Bonchev–Trinajstić information content (AvgIpc) is 2.47. The van der Waals surface area contributed by atoms with E-state index >= 15 is 0 Å². The smallest absolute Gasteiger partial charge is 0.0445 e. The van der Waals surface area contributed by atoms with Crippen LogP contribution in [0.5, 0.6) is 0 Å². The SMILES string of the molecule is CC1CCc2ccccc2N1c1ccc([C@@H](C)N)cc1. The van der Waals surface area contributed by atoms with E-state index in [2.05, 4.69) is 60.4 Å². The van der Waals surface area contributed by atoms with E-state index in [-0.39, 0.29) is 6.04 Å². The number of benzene rings is 2. The van der Waals surface area contributed by atoms with Crippen LogP contribution in [0.3, 0.4) is 0 Å². The first-order chi connectivity index (χ1) is 9.66. The molecule has 0 saturated heterocycles. The van der Waals surface area contributed by atoms with Crippen molar-refractivity contribution >= 4 is 11.4 Å². The molecule has 104 valence electrons. The Morgan fingerprint density at radius 1 is 1.10 bits per heavy atom. The standard InChI is InChI=1S/C18H22N2/c1-13-7-8-16-5-3-4-6-18(16)20(13)17-11-9-15(10-12-17)14(2)19/h3-6,9-14H,7-8,19H2,1-2H3/t13?,14-/m1/s1. The van der Waals surface area contributed by atoms with E-state index in [1.54, 1.807) is 0 Å². The monoisotopic (exact) mass is 266 g/mol. The zero-order valence-corrected chi connectivity index (χ0v) is 12.2. The van der Waals surface area contributed by atoms with E-state index in [0.717, 1.165) is 0 Å². The highest BCUT2D eigenvalue weighted by molar-refractivity contribution is 5.68. The Balaban J connectivity index is 2.00. The van der Waals surface area contributed by atoms with Gasteiger partial charge in [-0.15, -0.1) is 0 Å². The Morgan fingerprint density at radius 2 is 1.80 bits per heavy atom. The number of anilines is 2. The van der Waals surface area contributed by atoms with Crippen molar-refractivity contribution in [3.05, 3.63) is 59.7 Å². The van der Waals surface area contributed by atoms with Crippen LogP contribution in [0.15, 0.2) is 48.5 Å². The van der Waals surface area contributed by atoms with Gasteiger partial charge in [0, 0.05) is 23.5 Å². The van der Waals surface area contributed by atoms with E-state index in [0.29, 0.717) is 6.04 Å². The summed E-state index contributed by atoms with van der Waals surface area (Å²) in [6.07, 6.45) is 2.37. The van der Waals surface area contributed by atoms with Crippen molar-refractivity contribution in [2.24, 2.45) is 5.73 Å². The van der Waals surface area contributed by atoms with Crippen molar-refractivity contribution in [2.75, 3.05) is 4.90 Å². The van der Waals surface area contributed by atoms with Gasteiger partial charge in [0.05, 0.1) is 0 Å². The molecule has 3 rings (SSSR count). The number of nitrogens with zero attached hydrogens (tertiary/aromatic N) is 1. The fourth-order valence-corrected chi connectivity index (χ4v) is 3.02. The number of hydrogen-bond acceptors (Lipinski definition) is 2. The summed E-state index contributed by atoms with van der Waals surface area (Å²) in [4.78, 5) is 2.45. The van der Waals surface area contributed by atoms with Crippen LogP contribution in [0.2, 0.25) is 0 Å². The molecule has 0 radical (unpaired) electrons. The largest absolute Gasteiger partial charge is 0.338 e. The molecule has 2 aromatic carbocycles. The molecule has 20 heavy (non-hydrogen) atoms. The van der Waals surface area contributed by atoms with E-state index in [1.165, 1.54) is 35.3 Å². The summed E-state index contributed by atoms with van der Waals surface area (Å²) < 4.78 is 0. The highest BCUT2D eigenvalue weighted by Gasteiger charge is 2.23. The lowest BCUT2D eigenvalue weighted by Crippen LogP contribution is -2.33. The zero-order chi connectivity index (χ0) is 14.1. The predicted octanol–water partition coefficient (Wildman–Crippen LogP) is 4.18. The molecule has 0 aliphatic carbocycles. The molecule has 0 spiro atoms. The second-order valence-corrected chi connectivity index (χ2v) is 5.77. The van der Waals surface area contributed by atoms with Crippen LogP contribution >= 0.6 is 0 Å². The maximum absolute atomic E-state index is 5.93. The summed E-state index contributed by atoms with van der Waals surface area (Å²) in [5.41, 5.74) is 11.2. The topological polar surface area (TPSA) is 29.3 Å². The first kappa shape index (κ1) is 13.2. The van der Waals surface area contributed by atoms with Gasteiger partial charge in [-0.3, -0.25) is 0 Å². The summed E-state index contributed by atoms with van der Waals surface area (Å²) in [5, 5.41) is 0. The number of hydrogen-bond donors (Lipinski definition) is 1. The lowest BCUT2D eigenvalue weighted by atomic mass is 9.95. The highest BCUT2D eigenvalue weighted by atomic mass is 15.2. The minimum absolute atomic E-state index is 0.0927. The second-order valence-electron chi connectivity index (χ2n) is 5.77. The van der Waals surface area contributed by atoms with E-state index in [1.807, 2.05) is 6.92 Å². The Labute approximate surface area is 121 Å². The summed E-state index contributed by atoms with van der Waals surface area (Å²) in [5.74, 6) is 0. The third-order valence-electron chi connectivity index (χ3n) is 4.22. The van der Waals surface area contributed by atoms with Crippen molar-refractivity contribution in [3.8, 4) is 0 Å². The minimum atomic E-state index is 0.0927. The Bertz CT molecular complexity index is 587. The lowest BCUT2D eigenvalue weighted by Gasteiger charge is -2.37. The quantitative estimate of drug-likeness (QED) is 0.883. The van der Waals surface area contributed by atoms with Crippen LogP contribution in [0.1, 0.15) is 37.4 Å².